The van der Waals surface area contributed by atoms with Crippen LogP contribution in [0.2, 0.25) is 0 Å². The molecule has 1 fully saturated rings. The number of rotatable bonds is 4. The Morgan fingerprint density at radius 3 is 2.87 bits per heavy atom. The van der Waals surface area contributed by atoms with Gasteiger partial charge in [-0.2, -0.15) is 0 Å². The van der Waals surface area contributed by atoms with E-state index in [9.17, 15) is 5.11 Å². The second-order valence-corrected chi connectivity index (χ2v) is 4.94. The molecule has 1 saturated carbocycles. The summed E-state index contributed by atoms with van der Waals surface area (Å²) in [6.07, 6.45) is 3.22. The number of aliphatic hydroxyl groups is 1. The van der Waals surface area contributed by atoms with Crippen molar-refractivity contribution < 1.29 is 9.84 Å². The van der Waals surface area contributed by atoms with Gasteiger partial charge < -0.3 is 9.84 Å². The predicted octanol–water partition coefficient (Wildman–Crippen LogP) is 2.99. The molecule has 1 aliphatic rings. The van der Waals surface area contributed by atoms with E-state index in [0.29, 0.717) is 12.5 Å². The van der Waals surface area contributed by atoms with E-state index < -0.39 is 0 Å². The second-order valence-electron chi connectivity index (χ2n) is 4.03. The molecule has 0 amide bonds. The first-order valence-electron chi connectivity index (χ1n) is 5.32. The zero-order chi connectivity index (χ0) is 10.7. The van der Waals surface area contributed by atoms with Gasteiger partial charge in [-0.15, -0.1) is 0 Å². The smallest absolute Gasteiger partial charge is 0.120 e. The van der Waals surface area contributed by atoms with Gasteiger partial charge in [-0.3, -0.25) is 0 Å². The van der Waals surface area contributed by atoms with E-state index in [0.717, 1.165) is 23.1 Å². The van der Waals surface area contributed by atoms with Gasteiger partial charge in [-0.25, -0.2) is 0 Å². The average Bonchev–Trinajstić information content (AvgIpc) is 2.12. The summed E-state index contributed by atoms with van der Waals surface area (Å²) in [7, 11) is 0. The lowest BCUT2D eigenvalue weighted by Gasteiger charge is -2.30. The quantitative estimate of drug-likeness (QED) is 0.912. The fraction of sp³-hybridized carbons (Fsp3) is 0.500. The summed E-state index contributed by atoms with van der Waals surface area (Å²) in [4.78, 5) is 0. The standard InChI is InChI=1S/C12H15BrO2/c13-10-5-2-6-11(7-10)15-8-12(14)9-3-1-4-9/h2,5-7,9,12,14H,1,3-4,8H2. The molecule has 1 aromatic rings. The van der Waals surface area contributed by atoms with Gasteiger partial charge in [-0.05, 0) is 37.0 Å². The van der Waals surface area contributed by atoms with Crippen molar-refractivity contribution in [1.82, 2.24) is 0 Å². The van der Waals surface area contributed by atoms with Crippen molar-refractivity contribution in [3.05, 3.63) is 28.7 Å². The van der Waals surface area contributed by atoms with Crippen LogP contribution in [-0.2, 0) is 0 Å². The molecule has 1 aromatic carbocycles. The molecule has 1 unspecified atom stereocenters. The Morgan fingerprint density at radius 2 is 2.27 bits per heavy atom. The van der Waals surface area contributed by atoms with E-state index in [2.05, 4.69) is 15.9 Å². The van der Waals surface area contributed by atoms with Crippen molar-refractivity contribution >= 4 is 15.9 Å². The third-order valence-electron chi connectivity index (χ3n) is 2.91. The van der Waals surface area contributed by atoms with E-state index in [4.69, 9.17) is 4.74 Å². The Balaban J connectivity index is 1.81. The first-order valence-corrected chi connectivity index (χ1v) is 6.11. The van der Waals surface area contributed by atoms with Crippen molar-refractivity contribution in [2.45, 2.75) is 25.4 Å². The highest BCUT2D eigenvalue weighted by molar-refractivity contribution is 9.10. The topological polar surface area (TPSA) is 29.5 Å². The van der Waals surface area contributed by atoms with Gasteiger partial charge in [0.15, 0.2) is 0 Å². The zero-order valence-corrected chi connectivity index (χ0v) is 10.1. The maximum Gasteiger partial charge on any atom is 0.120 e. The van der Waals surface area contributed by atoms with Gasteiger partial charge in [0.05, 0.1) is 6.10 Å². The highest BCUT2D eigenvalue weighted by atomic mass is 79.9. The minimum Gasteiger partial charge on any atom is -0.491 e. The van der Waals surface area contributed by atoms with Gasteiger partial charge in [0.1, 0.15) is 12.4 Å². The zero-order valence-electron chi connectivity index (χ0n) is 8.53. The number of hydrogen-bond donors (Lipinski definition) is 1. The summed E-state index contributed by atoms with van der Waals surface area (Å²) >= 11 is 3.38. The van der Waals surface area contributed by atoms with E-state index in [1.807, 2.05) is 24.3 Å². The maximum absolute atomic E-state index is 9.76. The lowest BCUT2D eigenvalue weighted by Crippen LogP contribution is -2.31. The molecular formula is C12H15BrO2. The number of hydrogen-bond acceptors (Lipinski definition) is 2. The van der Waals surface area contributed by atoms with E-state index in [1.165, 1.54) is 6.42 Å². The van der Waals surface area contributed by atoms with E-state index in [1.54, 1.807) is 0 Å². The third-order valence-corrected chi connectivity index (χ3v) is 3.40. The molecule has 2 rings (SSSR count). The number of ether oxygens (including phenoxy) is 1. The number of benzene rings is 1. The van der Waals surface area contributed by atoms with Crippen molar-refractivity contribution in [2.75, 3.05) is 6.61 Å². The second kappa shape index (κ2) is 4.99. The summed E-state index contributed by atoms with van der Waals surface area (Å²) in [5.41, 5.74) is 0. The van der Waals surface area contributed by atoms with Crippen LogP contribution in [0.15, 0.2) is 28.7 Å². The molecule has 0 radical (unpaired) electrons. The van der Waals surface area contributed by atoms with Crippen LogP contribution in [0, 0.1) is 5.92 Å². The minimum atomic E-state index is -0.308. The Labute approximate surface area is 98.4 Å². The molecule has 15 heavy (non-hydrogen) atoms. The van der Waals surface area contributed by atoms with Crippen molar-refractivity contribution in [2.24, 2.45) is 5.92 Å². The van der Waals surface area contributed by atoms with Crippen LogP contribution in [0.1, 0.15) is 19.3 Å². The van der Waals surface area contributed by atoms with Gasteiger partial charge in [0.2, 0.25) is 0 Å². The highest BCUT2D eigenvalue weighted by Gasteiger charge is 2.25. The molecule has 2 nitrogen and oxygen atoms in total. The molecule has 1 atom stereocenters. The Kier molecular flexibility index (Phi) is 3.65. The number of aliphatic hydroxyl groups excluding tert-OH is 1. The fourth-order valence-corrected chi connectivity index (χ4v) is 2.08. The van der Waals surface area contributed by atoms with Crippen LogP contribution < -0.4 is 4.74 Å². The molecule has 0 bridgehead atoms. The molecule has 1 N–H and O–H groups in total. The Morgan fingerprint density at radius 1 is 1.47 bits per heavy atom. The lowest BCUT2D eigenvalue weighted by atomic mass is 9.81. The predicted molar refractivity (Wildman–Crippen MR) is 63.0 cm³/mol. The van der Waals surface area contributed by atoms with Crippen molar-refractivity contribution in [3.8, 4) is 5.75 Å². The van der Waals surface area contributed by atoms with Gasteiger partial charge >= 0.3 is 0 Å². The van der Waals surface area contributed by atoms with Crippen LogP contribution >= 0.6 is 15.9 Å². The summed E-state index contributed by atoms with van der Waals surface area (Å²) < 4.78 is 6.52. The van der Waals surface area contributed by atoms with Crippen LogP contribution in [-0.4, -0.2) is 17.8 Å². The van der Waals surface area contributed by atoms with Gasteiger partial charge in [-0.1, -0.05) is 28.4 Å². The first kappa shape index (κ1) is 11.0. The monoisotopic (exact) mass is 270 g/mol. The van der Waals surface area contributed by atoms with Gasteiger partial charge in [0, 0.05) is 4.47 Å². The summed E-state index contributed by atoms with van der Waals surface area (Å²) in [5, 5.41) is 9.76. The van der Waals surface area contributed by atoms with E-state index >= 15 is 0 Å². The maximum atomic E-state index is 9.76. The normalized spacial score (nSPS) is 18.3. The SMILES string of the molecule is OC(COc1cccc(Br)c1)C1CCC1. The van der Waals surface area contributed by atoms with Crippen LogP contribution in [0.5, 0.6) is 5.75 Å². The molecule has 82 valence electrons. The molecule has 1 aliphatic carbocycles. The largest absolute Gasteiger partial charge is 0.491 e. The molecule has 0 saturated heterocycles. The summed E-state index contributed by atoms with van der Waals surface area (Å²) in [5.74, 6) is 1.26. The molecule has 0 heterocycles. The summed E-state index contributed by atoms with van der Waals surface area (Å²) in [6.45, 7) is 0.404. The van der Waals surface area contributed by atoms with Crippen molar-refractivity contribution in [3.63, 3.8) is 0 Å². The average molecular weight is 271 g/mol. The first-order chi connectivity index (χ1) is 7.25. The molecular weight excluding hydrogens is 256 g/mol. The molecule has 0 spiro atoms. The van der Waals surface area contributed by atoms with Gasteiger partial charge in [0.25, 0.3) is 0 Å². The van der Waals surface area contributed by atoms with Crippen molar-refractivity contribution in [1.29, 1.82) is 0 Å². The van der Waals surface area contributed by atoms with Crippen LogP contribution in [0.3, 0.4) is 0 Å². The fourth-order valence-electron chi connectivity index (χ4n) is 1.70. The third kappa shape index (κ3) is 2.95. The molecule has 0 aliphatic heterocycles. The Bertz CT molecular complexity index is 323. The van der Waals surface area contributed by atoms with Crippen LogP contribution in [0.4, 0.5) is 0 Å². The lowest BCUT2D eigenvalue weighted by molar-refractivity contribution is 0.0241. The minimum absolute atomic E-state index is 0.308. The summed E-state index contributed by atoms with van der Waals surface area (Å²) in [6, 6.07) is 7.69. The van der Waals surface area contributed by atoms with E-state index in [-0.39, 0.29) is 6.10 Å². The molecule has 0 aromatic heterocycles. The Hall–Kier alpha value is -0.540. The highest BCUT2D eigenvalue weighted by Crippen LogP contribution is 2.30. The molecule has 3 heteroatoms. The number of halogens is 1. The van der Waals surface area contributed by atoms with Crippen LogP contribution in [0.25, 0.3) is 0 Å².